The summed E-state index contributed by atoms with van der Waals surface area (Å²) in [6.45, 7) is 0.890. The number of nitrogens with two attached hydrogens (primary N) is 1. The zero-order valence-corrected chi connectivity index (χ0v) is 8.24. The van der Waals surface area contributed by atoms with Crippen LogP contribution in [0.2, 0.25) is 0 Å². The standard InChI is InChI=1S/C9H17NO.ClH/c10-8-3-6-11-9(7-8)4-1-2-5-9;/h8H,1-7,10H2;1H. The maximum atomic E-state index is 5.91. The topological polar surface area (TPSA) is 35.2 Å². The van der Waals surface area contributed by atoms with Crippen LogP contribution < -0.4 is 5.73 Å². The summed E-state index contributed by atoms with van der Waals surface area (Å²) in [5.41, 5.74) is 6.13. The van der Waals surface area contributed by atoms with Crippen LogP contribution in [0.25, 0.3) is 0 Å². The Labute approximate surface area is 80.3 Å². The van der Waals surface area contributed by atoms with Crippen molar-refractivity contribution >= 4 is 12.4 Å². The van der Waals surface area contributed by atoms with Crippen molar-refractivity contribution in [3.8, 4) is 0 Å². The lowest BCUT2D eigenvalue weighted by Crippen LogP contribution is -2.43. The lowest BCUT2D eigenvalue weighted by Gasteiger charge is -2.36. The van der Waals surface area contributed by atoms with E-state index in [2.05, 4.69) is 0 Å². The predicted octanol–water partition coefficient (Wildman–Crippen LogP) is 1.86. The van der Waals surface area contributed by atoms with E-state index in [9.17, 15) is 0 Å². The Morgan fingerprint density at radius 1 is 1.25 bits per heavy atom. The van der Waals surface area contributed by atoms with Gasteiger partial charge in [0, 0.05) is 12.6 Å². The second-order valence-electron chi connectivity index (χ2n) is 3.99. The number of ether oxygens (including phenoxy) is 1. The van der Waals surface area contributed by atoms with Gasteiger partial charge in [-0.15, -0.1) is 12.4 Å². The zero-order chi connectivity index (χ0) is 7.73. The average molecular weight is 192 g/mol. The van der Waals surface area contributed by atoms with Gasteiger partial charge in [0.1, 0.15) is 0 Å². The highest BCUT2D eigenvalue weighted by Crippen LogP contribution is 2.39. The number of halogens is 1. The van der Waals surface area contributed by atoms with Crippen molar-refractivity contribution in [2.45, 2.75) is 50.2 Å². The molecule has 0 radical (unpaired) electrons. The second-order valence-corrected chi connectivity index (χ2v) is 3.99. The lowest BCUT2D eigenvalue weighted by molar-refractivity contribution is -0.0790. The van der Waals surface area contributed by atoms with Crippen LogP contribution in [0.4, 0.5) is 0 Å². The Morgan fingerprint density at radius 2 is 1.92 bits per heavy atom. The van der Waals surface area contributed by atoms with Crippen molar-refractivity contribution in [2.75, 3.05) is 6.61 Å². The van der Waals surface area contributed by atoms with E-state index >= 15 is 0 Å². The first kappa shape index (κ1) is 10.3. The third-order valence-electron chi connectivity index (χ3n) is 3.05. The van der Waals surface area contributed by atoms with E-state index < -0.39 is 0 Å². The molecule has 1 atom stereocenters. The molecule has 1 saturated carbocycles. The molecule has 2 aliphatic rings. The normalized spacial score (nSPS) is 33.2. The summed E-state index contributed by atoms with van der Waals surface area (Å²) in [6.07, 6.45) is 7.34. The quantitative estimate of drug-likeness (QED) is 0.635. The molecule has 0 amide bonds. The van der Waals surface area contributed by atoms with E-state index in [0.29, 0.717) is 6.04 Å². The molecule has 1 spiro atoms. The first-order valence-corrected chi connectivity index (χ1v) is 4.70. The molecular weight excluding hydrogens is 174 g/mol. The molecule has 1 unspecified atom stereocenters. The number of hydrogen-bond acceptors (Lipinski definition) is 2. The van der Waals surface area contributed by atoms with Crippen LogP contribution in [0.15, 0.2) is 0 Å². The van der Waals surface area contributed by atoms with Gasteiger partial charge < -0.3 is 10.5 Å². The maximum Gasteiger partial charge on any atom is 0.0697 e. The summed E-state index contributed by atoms with van der Waals surface area (Å²) in [5, 5.41) is 0. The van der Waals surface area contributed by atoms with Crippen molar-refractivity contribution in [2.24, 2.45) is 5.73 Å². The first-order chi connectivity index (χ1) is 5.31. The van der Waals surface area contributed by atoms with Crippen LogP contribution in [0.1, 0.15) is 38.5 Å². The molecule has 2 N–H and O–H groups in total. The van der Waals surface area contributed by atoms with Gasteiger partial charge in [-0.05, 0) is 25.7 Å². The van der Waals surface area contributed by atoms with E-state index in [1.54, 1.807) is 0 Å². The molecule has 1 heterocycles. The van der Waals surface area contributed by atoms with Crippen LogP contribution in [-0.4, -0.2) is 18.2 Å². The minimum Gasteiger partial charge on any atom is -0.375 e. The van der Waals surface area contributed by atoms with E-state index in [1.807, 2.05) is 0 Å². The van der Waals surface area contributed by atoms with Crippen molar-refractivity contribution in [3.63, 3.8) is 0 Å². The molecule has 0 aromatic heterocycles. The van der Waals surface area contributed by atoms with Gasteiger partial charge >= 0.3 is 0 Å². The van der Waals surface area contributed by atoms with Gasteiger partial charge in [-0.25, -0.2) is 0 Å². The van der Waals surface area contributed by atoms with Crippen LogP contribution in [-0.2, 0) is 4.74 Å². The van der Waals surface area contributed by atoms with Gasteiger partial charge in [0.15, 0.2) is 0 Å². The van der Waals surface area contributed by atoms with Crippen molar-refractivity contribution in [1.29, 1.82) is 0 Å². The van der Waals surface area contributed by atoms with Gasteiger partial charge in [0.05, 0.1) is 5.60 Å². The fourth-order valence-corrected chi connectivity index (χ4v) is 2.43. The molecule has 1 aliphatic heterocycles. The summed E-state index contributed by atoms with van der Waals surface area (Å²) in [4.78, 5) is 0. The minimum atomic E-state index is 0. The molecular formula is C9H18ClNO. The molecule has 1 aliphatic carbocycles. The van der Waals surface area contributed by atoms with Crippen LogP contribution >= 0.6 is 12.4 Å². The zero-order valence-electron chi connectivity index (χ0n) is 7.42. The summed E-state index contributed by atoms with van der Waals surface area (Å²) >= 11 is 0. The molecule has 2 fully saturated rings. The molecule has 0 aromatic rings. The van der Waals surface area contributed by atoms with Gasteiger partial charge in [0.25, 0.3) is 0 Å². The highest BCUT2D eigenvalue weighted by molar-refractivity contribution is 5.85. The van der Waals surface area contributed by atoms with Crippen LogP contribution in [0.3, 0.4) is 0 Å². The van der Waals surface area contributed by atoms with Crippen molar-refractivity contribution < 1.29 is 4.74 Å². The Hall–Kier alpha value is 0.210. The third-order valence-corrected chi connectivity index (χ3v) is 3.05. The highest BCUT2D eigenvalue weighted by atomic mass is 35.5. The molecule has 72 valence electrons. The Morgan fingerprint density at radius 3 is 2.50 bits per heavy atom. The largest absolute Gasteiger partial charge is 0.375 e. The lowest BCUT2D eigenvalue weighted by atomic mass is 9.89. The summed E-state index contributed by atoms with van der Waals surface area (Å²) in [5.74, 6) is 0. The first-order valence-electron chi connectivity index (χ1n) is 4.70. The molecule has 3 heteroatoms. The predicted molar refractivity (Wildman–Crippen MR) is 51.6 cm³/mol. The van der Waals surface area contributed by atoms with E-state index in [1.165, 1.54) is 25.7 Å². The summed E-state index contributed by atoms with van der Waals surface area (Å²) in [7, 11) is 0. The smallest absolute Gasteiger partial charge is 0.0697 e. The average Bonchev–Trinajstić information content (AvgIpc) is 2.37. The second kappa shape index (κ2) is 3.95. The van der Waals surface area contributed by atoms with E-state index in [-0.39, 0.29) is 18.0 Å². The fraction of sp³-hybridized carbons (Fsp3) is 1.00. The van der Waals surface area contributed by atoms with Gasteiger partial charge in [-0.2, -0.15) is 0 Å². The van der Waals surface area contributed by atoms with Crippen molar-refractivity contribution in [1.82, 2.24) is 0 Å². The van der Waals surface area contributed by atoms with E-state index in [4.69, 9.17) is 10.5 Å². The minimum absolute atomic E-state index is 0. The SMILES string of the molecule is Cl.NC1CCOC2(CCCC2)C1. The van der Waals surface area contributed by atoms with E-state index in [0.717, 1.165) is 19.4 Å². The van der Waals surface area contributed by atoms with Gasteiger partial charge in [-0.1, -0.05) is 12.8 Å². The highest BCUT2D eigenvalue weighted by Gasteiger charge is 2.38. The van der Waals surface area contributed by atoms with Crippen LogP contribution in [0.5, 0.6) is 0 Å². The Kier molecular flexibility index (Phi) is 3.38. The summed E-state index contributed by atoms with van der Waals surface area (Å²) < 4.78 is 5.82. The Bertz CT molecular complexity index is 145. The van der Waals surface area contributed by atoms with Crippen molar-refractivity contribution in [3.05, 3.63) is 0 Å². The summed E-state index contributed by atoms with van der Waals surface area (Å²) in [6, 6.07) is 0.404. The molecule has 12 heavy (non-hydrogen) atoms. The monoisotopic (exact) mass is 191 g/mol. The molecule has 0 aromatic carbocycles. The van der Waals surface area contributed by atoms with Gasteiger partial charge in [-0.3, -0.25) is 0 Å². The van der Waals surface area contributed by atoms with Gasteiger partial charge in [0.2, 0.25) is 0 Å². The molecule has 2 rings (SSSR count). The molecule has 2 nitrogen and oxygen atoms in total. The fourth-order valence-electron chi connectivity index (χ4n) is 2.43. The molecule has 1 saturated heterocycles. The van der Waals surface area contributed by atoms with Crippen LogP contribution in [0, 0.1) is 0 Å². The third kappa shape index (κ3) is 1.93. The maximum absolute atomic E-state index is 5.91. The Balaban J connectivity index is 0.000000720. The number of hydrogen-bond donors (Lipinski definition) is 1. The number of rotatable bonds is 0. The molecule has 0 bridgehead atoms.